The summed E-state index contributed by atoms with van der Waals surface area (Å²) in [6.45, 7) is 0.830. The van der Waals surface area contributed by atoms with Crippen molar-refractivity contribution in [3.05, 3.63) is 84.1 Å². The number of hydrogen-bond acceptors (Lipinski definition) is 6. The minimum Gasteiger partial charge on any atom is -0.486 e. The number of para-hydroxylation sites is 2. The molecule has 1 spiro atoms. The third-order valence-corrected chi connectivity index (χ3v) is 8.52. The molecule has 3 N–H and O–H groups in total. The van der Waals surface area contributed by atoms with Gasteiger partial charge in [0.25, 0.3) is 0 Å². The number of hydrogen-bond donors (Lipinski definition) is 3. The Hall–Kier alpha value is -4.63. The maximum atomic E-state index is 14.2. The van der Waals surface area contributed by atoms with Gasteiger partial charge in [0.15, 0.2) is 11.5 Å². The van der Waals surface area contributed by atoms with Crippen LogP contribution in [-0.4, -0.2) is 42.0 Å². The molecular weight excluding hydrogens is 496 g/mol. The smallest absolute Gasteiger partial charge is 0.250 e. The highest BCUT2D eigenvalue weighted by Crippen LogP contribution is 2.54. The van der Waals surface area contributed by atoms with Gasteiger partial charge in [-0.05, 0) is 36.2 Å². The van der Waals surface area contributed by atoms with Gasteiger partial charge in [0.1, 0.15) is 18.8 Å². The Balaban J connectivity index is 1.26. The fourth-order valence-electron chi connectivity index (χ4n) is 6.90. The molecule has 3 amide bonds. The van der Waals surface area contributed by atoms with Crippen molar-refractivity contribution in [3.8, 4) is 11.5 Å². The number of nitrogens with zero attached hydrogens (tertiary/aromatic N) is 1. The number of anilines is 2. The first-order valence-corrected chi connectivity index (χ1v) is 13.1. The summed E-state index contributed by atoms with van der Waals surface area (Å²) in [7, 11) is 0. The van der Waals surface area contributed by atoms with Crippen molar-refractivity contribution in [1.29, 1.82) is 0 Å². The third kappa shape index (κ3) is 2.96. The first-order chi connectivity index (χ1) is 19.1. The summed E-state index contributed by atoms with van der Waals surface area (Å²) >= 11 is 0. The van der Waals surface area contributed by atoms with Gasteiger partial charge < -0.3 is 19.8 Å². The molecule has 39 heavy (non-hydrogen) atoms. The van der Waals surface area contributed by atoms with E-state index in [9.17, 15) is 14.4 Å². The van der Waals surface area contributed by atoms with Crippen LogP contribution >= 0.6 is 0 Å². The summed E-state index contributed by atoms with van der Waals surface area (Å²) in [6, 6.07) is 20.0. The fraction of sp³-hybridized carbons (Fsp3) is 0.233. The van der Waals surface area contributed by atoms with Gasteiger partial charge in [0.05, 0.1) is 17.5 Å². The summed E-state index contributed by atoms with van der Waals surface area (Å²) in [5.41, 5.74) is 2.41. The van der Waals surface area contributed by atoms with Crippen LogP contribution in [0.5, 0.6) is 11.5 Å². The van der Waals surface area contributed by atoms with Gasteiger partial charge in [-0.25, -0.2) is 4.90 Å². The Morgan fingerprint density at radius 3 is 2.59 bits per heavy atom. The molecule has 4 aliphatic heterocycles. The van der Waals surface area contributed by atoms with E-state index in [0.717, 1.165) is 16.5 Å². The van der Waals surface area contributed by atoms with Crippen LogP contribution in [-0.2, 0) is 26.3 Å². The normalized spacial score (nSPS) is 26.8. The van der Waals surface area contributed by atoms with E-state index in [0.29, 0.717) is 48.1 Å². The zero-order valence-electron chi connectivity index (χ0n) is 20.8. The van der Waals surface area contributed by atoms with Crippen LogP contribution < -0.4 is 25.0 Å². The van der Waals surface area contributed by atoms with E-state index in [-0.39, 0.29) is 11.8 Å². The van der Waals surface area contributed by atoms with Gasteiger partial charge in [-0.15, -0.1) is 0 Å². The summed E-state index contributed by atoms with van der Waals surface area (Å²) in [5, 5.41) is 7.53. The molecule has 0 aliphatic carbocycles. The Morgan fingerprint density at radius 1 is 0.897 bits per heavy atom. The number of carbonyl (C=O) groups is 3. The van der Waals surface area contributed by atoms with Crippen LogP contribution in [0.1, 0.15) is 11.1 Å². The molecular formula is C30H24N4O5. The van der Waals surface area contributed by atoms with E-state index in [4.69, 9.17) is 9.47 Å². The van der Waals surface area contributed by atoms with Crippen molar-refractivity contribution in [2.24, 2.45) is 11.8 Å². The number of aromatic amines is 1. The van der Waals surface area contributed by atoms with E-state index in [1.807, 2.05) is 54.7 Å². The minimum absolute atomic E-state index is 0.315. The van der Waals surface area contributed by atoms with Crippen LogP contribution in [0, 0.1) is 11.8 Å². The molecule has 9 heteroatoms. The largest absolute Gasteiger partial charge is 0.486 e. The highest BCUT2D eigenvalue weighted by molar-refractivity contribution is 6.26. The van der Waals surface area contributed by atoms with Crippen molar-refractivity contribution < 1.29 is 23.9 Å². The molecule has 0 saturated carbocycles. The number of ether oxygens (including phenoxy) is 2. The highest BCUT2D eigenvalue weighted by Gasteiger charge is 2.70. The number of imide groups is 1. The predicted molar refractivity (Wildman–Crippen MR) is 143 cm³/mol. The van der Waals surface area contributed by atoms with E-state index in [1.165, 1.54) is 4.90 Å². The van der Waals surface area contributed by atoms with Gasteiger partial charge in [-0.3, -0.25) is 19.7 Å². The Morgan fingerprint density at radius 2 is 1.69 bits per heavy atom. The number of aromatic nitrogens is 1. The second-order valence-corrected chi connectivity index (χ2v) is 10.5. The quantitative estimate of drug-likeness (QED) is 0.358. The third-order valence-electron chi connectivity index (χ3n) is 8.52. The Bertz CT molecular complexity index is 1710. The zero-order chi connectivity index (χ0) is 26.3. The monoisotopic (exact) mass is 520 g/mol. The molecule has 194 valence electrons. The highest BCUT2D eigenvalue weighted by atomic mass is 16.6. The number of benzene rings is 3. The van der Waals surface area contributed by atoms with Gasteiger partial charge in [0, 0.05) is 40.5 Å². The second-order valence-electron chi connectivity index (χ2n) is 10.5. The molecule has 4 aromatic rings. The lowest BCUT2D eigenvalue weighted by molar-refractivity contribution is -0.130. The van der Waals surface area contributed by atoms with Crippen molar-refractivity contribution in [3.63, 3.8) is 0 Å². The second kappa shape index (κ2) is 7.94. The number of fused-ring (bicyclic) bond motifs is 6. The molecule has 9 nitrogen and oxygen atoms in total. The van der Waals surface area contributed by atoms with Gasteiger partial charge in [-0.2, -0.15) is 0 Å². The average Bonchev–Trinajstić information content (AvgIpc) is 3.67. The molecule has 0 bridgehead atoms. The van der Waals surface area contributed by atoms with Crippen LogP contribution in [0.2, 0.25) is 0 Å². The lowest BCUT2D eigenvalue weighted by Crippen LogP contribution is -2.53. The van der Waals surface area contributed by atoms with E-state index < -0.39 is 29.3 Å². The maximum Gasteiger partial charge on any atom is 0.250 e. The fourth-order valence-corrected chi connectivity index (χ4v) is 6.90. The van der Waals surface area contributed by atoms with Crippen LogP contribution in [0.3, 0.4) is 0 Å². The molecule has 4 aliphatic rings. The molecule has 1 aromatic heterocycles. The van der Waals surface area contributed by atoms with E-state index in [1.54, 1.807) is 18.2 Å². The summed E-state index contributed by atoms with van der Waals surface area (Å²) in [5.74, 6) is -1.62. The molecule has 4 atom stereocenters. The summed E-state index contributed by atoms with van der Waals surface area (Å²) < 4.78 is 11.4. The lowest BCUT2D eigenvalue weighted by Gasteiger charge is -2.29. The molecule has 0 unspecified atom stereocenters. The van der Waals surface area contributed by atoms with Crippen LogP contribution in [0.4, 0.5) is 11.4 Å². The summed E-state index contributed by atoms with van der Waals surface area (Å²) in [4.78, 5) is 46.7. The topological polar surface area (TPSA) is 113 Å². The van der Waals surface area contributed by atoms with Crippen molar-refractivity contribution in [2.45, 2.75) is 18.0 Å². The van der Waals surface area contributed by atoms with Gasteiger partial charge in [0.2, 0.25) is 17.7 Å². The Labute approximate surface area is 223 Å². The average molecular weight is 521 g/mol. The standard InChI is InChI=1S/C30H24N4O5/c35-27-25-22(13-16-15-31-20-7-3-1-5-18(16)20)33-30(19-6-2-4-8-21(19)32-29(30)37)26(25)28(36)34(27)17-9-10-23-24(14-17)39-12-11-38-23/h1-10,14-15,22,25-26,31,33H,11-13H2,(H,32,37)/t22-,25+,26-,30-/m0/s1. The number of carbonyl (C=O) groups excluding carboxylic acids is 3. The van der Waals surface area contributed by atoms with Crippen molar-refractivity contribution in [2.75, 3.05) is 23.4 Å². The number of nitrogens with one attached hydrogen (secondary N) is 3. The molecule has 5 heterocycles. The Kier molecular flexibility index (Phi) is 4.55. The lowest BCUT2D eigenvalue weighted by atomic mass is 9.76. The number of amides is 3. The van der Waals surface area contributed by atoms with Crippen molar-refractivity contribution in [1.82, 2.24) is 10.3 Å². The van der Waals surface area contributed by atoms with E-state index >= 15 is 0 Å². The van der Waals surface area contributed by atoms with E-state index in [2.05, 4.69) is 15.6 Å². The maximum absolute atomic E-state index is 14.2. The first-order valence-electron chi connectivity index (χ1n) is 13.1. The minimum atomic E-state index is -1.35. The molecule has 0 radical (unpaired) electrons. The number of rotatable bonds is 3. The van der Waals surface area contributed by atoms with Gasteiger partial charge in [-0.1, -0.05) is 36.4 Å². The van der Waals surface area contributed by atoms with Crippen LogP contribution in [0.15, 0.2) is 72.9 Å². The molecule has 2 fully saturated rings. The van der Waals surface area contributed by atoms with Crippen molar-refractivity contribution >= 4 is 40.0 Å². The first kappa shape index (κ1) is 22.4. The zero-order valence-corrected chi connectivity index (χ0v) is 20.8. The molecule has 2 saturated heterocycles. The SMILES string of the molecule is O=C1[C@@H]2[C@H](Cc3c[nH]c4ccccc34)N[C@]3(C(=O)Nc4ccccc43)[C@@H]2C(=O)N1c1ccc2c(c1)OCCO2. The van der Waals surface area contributed by atoms with Gasteiger partial charge >= 0.3 is 0 Å². The summed E-state index contributed by atoms with van der Waals surface area (Å²) in [6.07, 6.45) is 2.41. The molecule has 3 aromatic carbocycles. The van der Waals surface area contributed by atoms with Crippen LogP contribution in [0.25, 0.3) is 10.9 Å². The number of H-pyrrole nitrogens is 1. The predicted octanol–water partition coefficient (Wildman–Crippen LogP) is 3.11. The molecule has 8 rings (SSSR count).